The molecule has 6 aromatic carbocycles. The maximum Gasteiger partial charge on any atom is 0.240 e. The molecule has 76 heavy (non-hydrogen) atoms. The summed E-state index contributed by atoms with van der Waals surface area (Å²) in [4.78, 5) is 8.45. The van der Waals surface area contributed by atoms with Crippen LogP contribution in [0.3, 0.4) is 0 Å². The molecule has 0 amide bonds. The summed E-state index contributed by atoms with van der Waals surface area (Å²) in [6.45, 7) is 4.24. The summed E-state index contributed by atoms with van der Waals surface area (Å²) < 4.78 is 90.4. The Morgan fingerprint density at radius 3 is 0.921 bits per heavy atom. The highest BCUT2D eigenvalue weighted by Gasteiger charge is 2.31. The SMILES string of the molecule is CN1Cc2c(Cl)cc(Cl)cc2C(c2ccc(S(=O)(=O)NCCN(CCNS(=O)(=O)c3ccc(C4CN(C)Cc5c(Cl)cc(Cl)cc54)cc3)CCNS(=O)(=O)c3ccc(C4CN(C)Cc5c(Cl)cc(Cl)cc54)cc3)cc2)C1. The molecule has 3 N–H and O–H groups in total. The van der Waals surface area contributed by atoms with Gasteiger partial charge in [-0.3, -0.25) is 4.90 Å². The molecule has 6 aromatic rings. The lowest BCUT2D eigenvalue weighted by atomic mass is 9.85. The molecule has 22 heteroatoms. The van der Waals surface area contributed by atoms with E-state index in [-0.39, 0.29) is 71.7 Å². The predicted molar refractivity (Wildman–Crippen MR) is 305 cm³/mol. The number of nitrogens with zero attached hydrogens (tertiary/aromatic N) is 4. The van der Waals surface area contributed by atoms with Gasteiger partial charge in [-0.05, 0) is 144 Å². The molecule has 3 aliphatic heterocycles. The normalized spacial score (nSPS) is 18.6. The summed E-state index contributed by atoms with van der Waals surface area (Å²) in [7, 11) is -6.00. The first kappa shape index (κ1) is 57.3. The average molecular weight is 1210 g/mol. The first-order valence-electron chi connectivity index (χ1n) is 24.6. The van der Waals surface area contributed by atoms with Gasteiger partial charge in [0, 0.05) is 126 Å². The minimum atomic E-state index is -4.00. The van der Waals surface area contributed by atoms with Crippen LogP contribution in [-0.4, -0.2) is 125 Å². The fourth-order valence-corrected chi connectivity index (χ4v) is 15.4. The van der Waals surface area contributed by atoms with Crippen LogP contribution in [0.1, 0.15) is 67.8 Å². The van der Waals surface area contributed by atoms with Crippen molar-refractivity contribution in [1.82, 2.24) is 33.8 Å². The topological polar surface area (TPSA) is 151 Å². The van der Waals surface area contributed by atoms with Crippen LogP contribution in [-0.2, 0) is 49.7 Å². The highest BCUT2D eigenvalue weighted by Crippen LogP contribution is 2.42. The van der Waals surface area contributed by atoms with E-state index in [1.54, 1.807) is 95.9 Å². The lowest BCUT2D eigenvalue weighted by Crippen LogP contribution is -2.43. The lowest BCUT2D eigenvalue weighted by Gasteiger charge is -2.33. The molecule has 13 nitrogen and oxygen atoms in total. The highest BCUT2D eigenvalue weighted by molar-refractivity contribution is 7.90. The minimum Gasteiger partial charge on any atom is -0.301 e. The Morgan fingerprint density at radius 1 is 0.421 bits per heavy atom. The van der Waals surface area contributed by atoms with Crippen molar-refractivity contribution in [3.63, 3.8) is 0 Å². The predicted octanol–water partition coefficient (Wildman–Crippen LogP) is 9.88. The molecule has 0 saturated carbocycles. The van der Waals surface area contributed by atoms with Crippen LogP contribution in [0.4, 0.5) is 0 Å². The third-order valence-electron chi connectivity index (χ3n) is 14.4. The standard InChI is InChI=1S/C54H57Cl6N7O6S3/c1-64-28-46(43-22-37(55)25-52(58)49(43)31-64)34-4-10-40(11-5-34)74(68,69)61-16-19-67(20-17-62-75(70,71)41-12-6-35(7-13-41)47-29-65(2)32-50-44(47)23-38(56)26-53(50)59)21-18-63-76(72,73)42-14-8-36(9-15-42)48-30-66(3)33-51-45(48)24-39(57)27-54(51)60/h4-15,22-27,46-48,61-63H,16-21,28-33H2,1-3H3. The van der Waals surface area contributed by atoms with Crippen LogP contribution in [0.2, 0.25) is 30.1 Å². The molecule has 0 bridgehead atoms. The Hall–Kier alpha value is -3.37. The molecule has 0 aromatic heterocycles. The number of halogens is 6. The van der Waals surface area contributed by atoms with Crippen molar-refractivity contribution in [2.75, 3.05) is 80.0 Å². The van der Waals surface area contributed by atoms with Gasteiger partial charge in [0.2, 0.25) is 30.1 Å². The van der Waals surface area contributed by atoms with E-state index in [1.165, 1.54) is 0 Å². The fourth-order valence-electron chi connectivity index (χ4n) is 10.6. The largest absolute Gasteiger partial charge is 0.301 e. The van der Waals surface area contributed by atoms with Gasteiger partial charge in [0.25, 0.3) is 0 Å². The van der Waals surface area contributed by atoms with Crippen LogP contribution >= 0.6 is 69.6 Å². The average Bonchev–Trinajstić information content (AvgIpc) is 3.36. The van der Waals surface area contributed by atoms with Gasteiger partial charge in [0.1, 0.15) is 0 Å². The molecule has 0 radical (unpaired) electrons. The van der Waals surface area contributed by atoms with Gasteiger partial charge in [-0.2, -0.15) is 0 Å². The van der Waals surface area contributed by atoms with Crippen molar-refractivity contribution in [2.45, 2.75) is 52.1 Å². The summed E-state index contributed by atoms with van der Waals surface area (Å²) in [5.74, 6) is -0.247. The smallest absolute Gasteiger partial charge is 0.240 e. The Bertz CT molecular complexity index is 3110. The van der Waals surface area contributed by atoms with Crippen LogP contribution in [0.25, 0.3) is 0 Å². The van der Waals surface area contributed by atoms with Gasteiger partial charge in [0.05, 0.1) is 14.7 Å². The van der Waals surface area contributed by atoms with Crippen molar-refractivity contribution >= 4 is 99.7 Å². The summed E-state index contributed by atoms with van der Waals surface area (Å²) in [5, 5.41) is 3.35. The maximum atomic E-state index is 13.7. The van der Waals surface area contributed by atoms with Crippen molar-refractivity contribution in [2.24, 2.45) is 0 Å². The van der Waals surface area contributed by atoms with Gasteiger partial charge in [0.15, 0.2) is 0 Å². The van der Waals surface area contributed by atoms with E-state index in [4.69, 9.17) is 69.6 Å². The molecule has 404 valence electrons. The Morgan fingerprint density at radius 2 is 0.671 bits per heavy atom. The van der Waals surface area contributed by atoms with Crippen LogP contribution in [0.15, 0.2) is 124 Å². The first-order chi connectivity index (χ1) is 36.0. The molecule has 3 unspecified atom stereocenters. The first-order valence-corrected chi connectivity index (χ1v) is 31.3. The second-order valence-electron chi connectivity index (χ2n) is 19.9. The van der Waals surface area contributed by atoms with Gasteiger partial charge in [-0.25, -0.2) is 39.4 Å². The van der Waals surface area contributed by atoms with Crippen LogP contribution in [0.5, 0.6) is 0 Å². The molecule has 0 spiro atoms. The van der Waals surface area contributed by atoms with Gasteiger partial charge in [-0.1, -0.05) is 106 Å². The summed E-state index contributed by atoms with van der Waals surface area (Å²) in [6.07, 6.45) is 0. The van der Waals surface area contributed by atoms with Gasteiger partial charge >= 0.3 is 0 Å². The van der Waals surface area contributed by atoms with Crippen molar-refractivity contribution in [3.05, 3.63) is 189 Å². The quantitative estimate of drug-likeness (QED) is 0.0759. The highest BCUT2D eigenvalue weighted by atomic mass is 35.5. The number of fused-ring (bicyclic) bond motifs is 3. The summed E-state index contributed by atoms with van der Waals surface area (Å²) in [6, 6.07) is 31.1. The summed E-state index contributed by atoms with van der Waals surface area (Å²) >= 11 is 39.0. The van der Waals surface area contributed by atoms with Crippen molar-refractivity contribution < 1.29 is 25.3 Å². The van der Waals surface area contributed by atoms with E-state index >= 15 is 0 Å². The number of benzene rings is 6. The molecular weight excluding hydrogens is 1150 g/mol. The Kier molecular flexibility index (Phi) is 17.9. The number of likely N-dealkylation sites (N-methyl/N-ethyl adjacent to an activating group) is 3. The second-order valence-corrected chi connectivity index (χ2v) is 27.7. The Balaban J connectivity index is 0.868. The molecule has 3 heterocycles. The van der Waals surface area contributed by atoms with E-state index in [0.717, 1.165) is 50.1 Å². The Labute approximate surface area is 476 Å². The molecule has 0 aliphatic carbocycles. The molecule has 9 rings (SSSR count). The molecule has 3 aliphatic rings. The minimum absolute atomic E-state index is 0.0594. The van der Waals surface area contributed by atoms with E-state index in [1.807, 2.05) is 39.3 Å². The number of hydrogen-bond donors (Lipinski definition) is 3. The van der Waals surface area contributed by atoms with Crippen molar-refractivity contribution in [1.29, 1.82) is 0 Å². The zero-order valence-corrected chi connectivity index (χ0v) is 48.8. The van der Waals surface area contributed by atoms with E-state index in [0.29, 0.717) is 69.4 Å². The summed E-state index contributed by atoms with van der Waals surface area (Å²) in [5.41, 5.74) is 8.68. The lowest BCUT2D eigenvalue weighted by molar-refractivity contribution is 0.287. The number of hydrogen-bond acceptors (Lipinski definition) is 10. The third-order valence-corrected chi connectivity index (χ3v) is 20.5. The fraction of sp³-hybridized carbons (Fsp3) is 0.333. The zero-order valence-electron chi connectivity index (χ0n) is 41.8. The van der Waals surface area contributed by atoms with Gasteiger partial charge in [-0.15, -0.1) is 0 Å². The number of rotatable bonds is 18. The van der Waals surface area contributed by atoms with E-state index in [9.17, 15) is 25.3 Å². The number of nitrogens with one attached hydrogen (secondary N) is 3. The van der Waals surface area contributed by atoms with Crippen LogP contribution < -0.4 is 14.2 Å². The van der Waals surface area contributed by atoms with Crippen LogP contribution in [0, 0.1) is 0 Å². The molecule has 0 saturated heterocycles. The maximum absolute atomic E-state index is 13.7. The molecule has 0 fully saturated rings. The molecule has 3 atom stereocenters. The number of sulfonamides is 3. The van der Waals surface area contributed by atoms with E-state index in [2.05, 4.69) is 28.9 Å². The molecular formula is C54H57Cl6N7O6S3. The zero-order chi connectivity index (χ0) is 54.3. The van der Waals surface area contributed by atoms with Gasteiger partial charge < -0.3 is 14.7 Å². The third kappa shape index (κ3) is 13.1. The van der Waals surface area contributed by atoms with E-state index < -0.39 is 30.1 Å². The second kappa shape index (κ2) is 23.8. The monoisotopic (exact) mass is 1210 g/mol. The van der Waals surface area contributed by atoms with Crippen molar-refractivity contribution in [3.8, 4) is 0 Å².